The molecule has 1 saturated heterocycles. The van der Waals surface area contributed by atoms with Crippen LogP contribution in [0.25, 0.3) is 6.08 Å². The molecule has 1 aromatic heterocycles. The third kappa shape index (κ3) is 4.33. The summed E-state index contributed by atoms with van der Waals surface area (Å²) in [4.78, 5) is 29.9. The molecule has 6 nitrogen and oxygen atoms in total. The molecule has 0 radical (unpaired) electrons. The second-order valence-corrected chi connectivity index (χ2v) is 7.42. The van der Waals surface area contributed by atoms with Gasteiger partial charge in [-0.1, -0.05) is 6.07 Å². The Morgan fingerprint density at radius 3 is 2.74 bits per heavy atom. The molecule has 1 aliphatic heterocycles. The van der Waals surface area contributed by atoms with Crippen LogP contribution in [0, 0.1) is 0 Å². The number of imide groups is 1. The molecule has 2 amide bonds. The van der Waals surface area contributed by atoms with E-state index in [0.717, 1.165) is 23.0 Å². The molecule has 1 fully saturated rings. The van der Waals surface area contributed by atoms with Crippen LogP contribution < -0.4 is 9.47 Å². The van der Waals surface area contributed by atoms with Crippen LogP contribution in [0.2, 0.25) is 0 Å². The molecule has 27 heavy (non-hydrogen) atoms. The van der Waals surface area contributed by atoms with Crippen molar-refractivity contribution in [1.29, 1.82) is 0 Å². The topological polar surface area (TPSA) is 68.7 Å². The number of likely N-dealkylation sites (N-methyl/N-ethyl adjacent to an activating group) is 1. The fourth-order valence-corrected chi connectivity index (χ4v) is 3.99. The molecule has 0 saturated carbocycles. The lowest BCUT2D eigenvalue weighted by Gasteiger charge is -2.13. The molecule has 0 aliphatic carbocycles. The summed E-state index contributed by atoms with van der Waals surface area (Å²) in [6.07, 6.45) is 3.38. The lowest BCUT2D eigenvalue weighted by Crippen LogP contribution is -2.27. The quantitative estimate of drug-likeness (QED) is 0.606. The summed E-state index contributed by atoms with van der Waals surface area (Å²) in [5.74, 6) is 0.779. The Kier molecular flexibility index (Phi) is 6.18. The molecule has 1 aromatic carbocycles. The molecule has 3 rings (SSSR count). The third-order valence-electron chi connectivity index (χ3n) is 3.83. The van der Waals surface area contributed by atoms with Gasteiger partial charge in [0, 0.05) is 12.7 Å². The van der Waals surface area contributed by atoms with E-state index in [9.17, 15) is 9.59 Å². The Morgan fingerprint density at radius 2 is 2.11 bits per heavy atom. The maximum Gasteiger partial charge on any atom is 0.293 e. The number of nitrogens with zero attached hydrogens (tertiary/aromatic N) is 2. The van der Waals surface area contributed by atoms with Gasteiger partial charge in [-0.05, 0) is 70.5 Å². The summed E-state index contributed by atoms with van der Waals surface area (Å²) in [7, 11) is 1.55. The zero-order valence-corrected chi connectivity index (χ0v) is 17.2. The molecule has 8 heteroatoms. The first-order chi connectivity index (χ1) is 13.0. The molecule has 0 N–H and O–H groups in total. The van der Waals surface area contributed by atoms with Crippen molar-refractivity contribution in [2.24, 2.45) is 0 Å². The lowest BCUT2D eigenvalue weighted by atomic mass is 10.2. The van der Waals surface area contributed by atoms with E-state index in [4.69, 9.17) is 9.47 Å². The molecule has 1 aliphatic rings. The average Bonchev–Trinajstić information content (AvgIpc) is 2.93. The first-order valence-corrected chi connectivity index (χ1v) is 9.80. The van der Waals surface area contributed by atoms with Crippen molar-refractivity contribution in [3.63, 3.8) is 0 Å². The SMILES string of the molecule is CCN1C(=O)S/C(=C/c2cc(Br)c(OCc3ccccn3)c(OC)c2)C1=O. The number of benzene rings is 1. The minimum absolute atomic E-state index is 0.255. The monoisotopic (exact) mass is 448 g/mol. The summed E-state index contributed by atoms with van der Waals surface area (Å²) in [5, 5.41) is -0.255. The van der Waals surface area contributed by atoms with Gasteiger partial charge in [-0.3, -0.25) is 19.5 Å². The molecule has 2 aromatic rings. The summed E-state index contributed by atoms with van der Waals surface area (Å²) in [6, 6.07) is 9.19. The predicted molar refractivity (Wildman–Crippen MR) is 108 cm³/mol. The molecule has 0 bridgehead atoms. The highest BCUT2D eigenvalue weighted by atomic mass is 79.9. The Labute approximate surface area is 169 Å². The highest BCUT2D eigenvalue weighted by Crippen LogP contribution is 2.39. The Balaban J connectivity index is 1.85. The second-order valence-electron chi connectivity index (χ2n) is 5.57. The van der Waals surface area contributed by atoms with Gasteiger partial charge in [-0.15, -0.1) is 0 Å². The molecule has 140 valence electrons. The first kappa shape index (κ1) is 19.4. The maximum absolute atomic E-state index is 12.3. The van der Waals surface area contributed by atoms with Crippen molar-refractivity contribution in [2.45, 2.75) is 13.5 Å². The van der Waals surface area contributed by atoms with E-state index in [1.165, 1.54) is 4.90 Å². The van der Waals surface area contributed by atoms with E-state index >= 15 is 0 Å². The van der Waals surface area contributed by atoms with Crippen LogP contribution in [0.15, 0.2) is 45.9 Å². The fraction of sp³-hybridized carbons (Fsp3) is 0.211. The number of aromatic nitrogens is 1. The third-order valence-corrected chi connectivity index (χ3v) is 5.33. The van der Waals surface area contributed by atoms with E-state index in [1.54, 1.807) is 32.4 Å². The molecular weight excluding hydrogens is 432 g/mol. The number of thioether (sulfide) groups is 1. The van der Waals surface area contributed by atoms with Gasteiger partial charge in [0.15, 0.2) is 11.5 Å². The van der Waals surface area contributed by atoms with Crippen molar-refractivity contribution >= 4 is 44.9 Å². The number of hydrogen-bond acceptors (Lipinski definition) is 6. The van der Waals surface area contributed by atoms with Crippen molar-refractivity contribution in [1.82, 2.24) is 9.88 Å². The van der Waals surface area contributed by atoms with Gasteiger partial charge in [0.2, 0.25) is 0 Å². The first-order valence-electron chi connectivity index (χ1n) is 8.19. The fourth-order valence-electron chi connectivity index (χ4n) is 2.52. The summed E-state index contributed by atoms with van der Waals surface area (Å²) >= 11 is 4.43. The molecule has 2 heterocycles. The van der Waals surface area contributed by atoms with Gasteiger partial charge in [0.05, 0.1) is 22.2 Å². The number of ether oxygens (including phenoxy) is 2. The number of rotatable bonds is 6. The van der Waals surface area contributed by atoms with Crippen LogP contribution in [0.1, 0.15) is 18.2 Å². The standard InChI is InChI=1S/C19H17BrN2O4S/c1-3-22-18(23)16(27-19(22)24)10-12-8-14(20)17(15(9-12)25-2)26-11-13-6-4-5-7-21-13/h4-10H,3,11H2,1-2H3/b16-10+. The number of hydrogen-bond donors (Lipinski definition) is 0. The predicted octanol–water partition coefficient (Wildman–Crippen LogP) is 4.49. The molecule has 0 spiro atoms. The van der Waals surface area contributed by atoms with Gasteiger partial charge < -0.3 is 9.47 Å². The van der Waals surface area contributed by atoms with E-state index in [1.807, 2.05) is 24.3 Å². The van der Waals surface area contributed by atoms with Crippen molar-refractivity contribution in [3.05, 3.63) is 57.2 Å². The minimum atomic E-state index is -0.280. The lowest BCUT2D eigenvalue weighted by molar-refractivity contribution is -0.122. The number of methoxy groups -OCH3 is 1. The van der Waals surface area contributed by atoms with Gasteiger partial charge in [0.1, 0.15) is 6.61 Å². The Morgan fingerprint density at radius 1 is 1.30 bits per heavy atom. The van der Waals surface area contributed by atoms with Crippen LogP contribution in [-0.2, 0) is 11.4 Å². The van der Waals surface area contributed by atoms with E-state index in [0.29, 0.717) is 34.0 Å². The smallest absolute Gasteiger partial charge is 0.293 e. The minimum Gasteiger partial charge on any atom is -0.493 e. The van der Waals surface area contributed by atoms with E-state index in [2.05, 4.69) is 20.9 Å². The van der Waals surface area contributed by atoms with Crippen LogP contribution in [0.3, 0.4) is 0 Å². The molecular formula is C19H17BrN2O4S. The molecule has 0 atom stereocenters. The van der Waals surface area contributed by atoms with Gasteiger partial charge in [-0.2, -0.15) is 0 Å². The number of amides is 2. The van der Waals surface area contributed by atoms with Crippen molar-refractivity contribution in [3.8, 4) is 11.5 Å². The van der Waals surface area contributed by atoms with Gasteiger partial charge in [0.25, 0.3) is 11.1 Å². The van der Waals surface area contributed by atoms with Crippen molar-refractivity contribution < 1.29 is 19.1 Å². The largest absolute Gasteiger partial charge is 0.493 e. The zero-order valence-electron chi connectivity index (χ0n) is 14.8. The van der Waals surface area contributed by atoms with Crippen LogP contribution in [0.4, 0.5) is 4.79 Å². The van der Waals surface area contributed by atoms with E-state index < -0.39 is 0 Å². The highest BCUT2D eigenvalue weighted by molar-refractivity contribution is 9.10. The summed E-state index contributed by atoms with van der Waals surface area (Å²) in [6.45, 7) is 2.42. The summed E-state index contributed by atoms with van der Waals surface area (Å²) in [5.41, 5.74) is 1.52. The van der Waals surface area contributed by atoms with Crippen LogP contribution >= 0.6 is 27.7 Å². The van der Waals surface area contributed by atoms with E-state index in [-0.39, 0.29) is 11.1 Å². The average molecular weight is 449 g/mol. The number of carbonyl (C=O) groups is 2. The van der Waals surface area contributed by atoms with Crippen LogP contribution in [-0.4, -0.2) is 34.7 Å². The highest BCUT2D eigenvalue weighted by Gasteiger charge is 2.33. The van der Waals surface area contributed by atoms with Gasteiger partial charge >= 0.3 is 0 Å². The number of pyridine rings is 1. The normalized spacial score (nSPS) is 15.5. The maximum atomic E-state index is 12.3. The molecule has 0 unspecified atom stereocenters. The Bertz CT molecular complexity index is 902. The van der Waals surface area contributed by atoms with Crippen molar-refractivity contribution in [2.75, 3.05) is 13.7 Å². The zero-order chi connectivity index (χ0) is 19.4. The summed E-state index contributed by atoms with van der Waals surface area (Å²) < 4.78 is 12.0. The number of carbonyl (C=O) groups excluding carboxylic acids is 2. The second kappa shape index (κ2) is 8.58. The van der Waals surface area contributed by atoms with Crippen LogP contribution in [0.5, 0.6) is 11.5 Å². The Hall–Kier alpha value is -2.32. The van der Waals surface area contributed by atoms with Gasteiger partial charge in [-0.25, -0.2) is 0 Å². The number of halogens is 1.